The lowest BCUT2D eigenvalue weighted by Crippen LogP contribution is -2.57. The molecule has 2 aliphatic rings. The maximum Gasteiger partial charge on any atom is 0.0588 e. The van der Waals surface area contributed by atoms with Gasteiger partial charge in [0.2, 0.25) is 0 Å². The Hall–Kier alpha value is -0.120. The molecule has 3 atom stereocenters. The summed E-state index contributed by atoms with van der Waals surface area (Å²) in [5.41, 5.74) is 0. The summed E-state index contributed by atoms with van der Waals surface area (Å²) in [4.78, 5) is 2.67. The Balaban J connectivity index is 1.81. The highest BCUT2D eigenvalue weighted by Gasteiger charge is 2.28. The van der Waals surface area contributed by atoms with Crippen molar-refractivity contribution in [3.05, 3.63) is 0 Å². The molecule has 0 saturated carbocycles. The fourth-order valence-corrected chi connectivity index (χ4v) is 3.10. The minimum Gasteiger partial charge on any atom is -0.378 e. The van der Waals surface area contributed by atoms with Gasteiger partial charge >= 0.3 is 0 Å². The highest BCUT2D eigenvalue weighted by Crippen LogP contribution is 2.19. The van der Waals surface area contributed by atoms with Crippen molar-refractivity contribution in [1.82, 2.24) is 10.2 Å². The van der Waals surface area contributed by atoms with Gasteiger partial charge in [0.25, 0.3) is 0 Å². The van der Waals surface area contributed by atoms with Crippen LogP contribution in [-0.4, -0.2) is 49.3 Å². The zero-order valence-corrected chi connectivity index (χ0v) is 11.6. The predicted octanol–water partition coefficient (Wildman–Crippen LogP) is 1.87. The second kappa shape index (κ2) is 6.17. The van der Waals surface area contributed by atoms with Gasteiger partial charge < -0.3 is 10.1 Å². The lowest BCUT2D eigenvalue weighted by molar-refractivity contribution is 0.0607. The molecular formula is C14H28N2O. The first kappa shape index (κ1) is 13.3. The summed E-state index contributed by atoms with van der Waals surface area (Å²) in [6, 6.07) is 1.34. The van der Waals surface area contributed by atoms with E-state index in [2.05, 4.69) is 31.0 Å². The van der Waals surface area contributed by atoms with Gasteiger partial charge in [0.1, 0.15) is 0 Å². The molecule has 2 heterocycles. The molecule has 100 valence electrons. The molecular weight excluding hydrogens is 212 g/mol. The number of rotatable bonds is 4. The summed E-state index contributed by atoms with van der Waals surface area (Å²) < 4.78 is 5.72. The number of ether oxygens (including phenoxy) is 1. The zero-order chi connectivity index (χ0) is 12.3. The molecule has 0 aromatic rings. The van der Waals surface area contributed by atoms with E-state index in [0.717, 1.165) is 19.1 Å². The van der Waals surface area contributed by atoms with Gasteiger partial charge in [0.05, 0.1) is 6.10 Å². The Morgan fingerprint density at radius 2 is 2.24 bits per heavy atom. The average molecular weight is 240 g/mol. The Kier molecular flexibility index (Phi) is 4.83. The number of hydrogen-bond acceptors (Lipinski definition) is 3. The summed E-state index contributed by atoms with van der Waals surface area (Å²) in [6.45, 7) is 11.5. The van der Waals surface area contributed by atoms with Gasteiger partial charge in [-0.3, -0.25) is 4.90 Å². The van der Waals surface area contributed by atoms with E-state index < -0.39 is 0 Å². The van der Waals surface area contributed by atoms with Crippen LogP contribution in [0.15, 0.2) is 0 Å². The van der Waals surface area contributed by atoms with Crippen molar-refractivity contribution in [2.45, 2.75) is 58.2 Å². The summed E-state index contributed by atoms with van der Waals surface area (Å²) in [5.74, 6) is 0.736. The van der Waals surface area contributed by atoms with Crippen molar-refractivity contribution in [1.29, 1.82) is 0 Å². The van der Waals surface area contributed by atoms with Gasteiger partial charge in [-0.2, -0.15) is 0 Å². The first-order valence-electron chi connectivity index (χ1n) is 7.26. The van der Waals surface area contributed by atoms with Gasteiger partial charge in [-0.05, 0) is 32.1 Å². The molecule has 2 fully saturated rings. The van der Waals surface area contributed by atoms with Crippen LogP contribution in [0.3, 0.4) is 0 Å². The highest BCUT2D eigenvalue weighted by molar-refractivity contribution is 4.86. The van der Waals surface area contributed by atoms with Crippen molar-refractivity contribution >= 4 is 0 Å². The van der Waals surface area contributed by atoms with Crippen molar-refractivity contribution < 1.29 is 4.74 Å². The van der Waals surface area contributed by atoms with Crippen LogP contribution >= 0.6 is 0 Å². The summed E-state index contributed by atoms with van der Waals surface area (Å²) >= 11 is 0. The van der Waals surface area contributed by atoms with E-state index in [4.69, 9.17) is 4.74 Å². The van der Waals surface area contributed by atoms with Crippen LogP contribution in [0.2, 0.25) is 0 Å². The Bertz CT molecular complexity index is 226. The van der Waals surface area contributed by atoms with Crippen molar-refractivity contribution in [2.24, 2.45) is 5.92 Å². The van der Waals surface area contributed by atoms with E-state index >= 15 is 0 Å². The highest BCUT2D eigenvalue weighted by atomic mass is 16.5. The van der Waals surface area contributed by atoms with Gasteiger partial charge in [-0.25, -0.2) is 0 Å². The average Bonchev–Trinajstić information content (AvgIpc) is 2.78. The molecule has 1 N–H and O–H groups in total. The first-order chi connectivity index (χ1) is 8.16. The van der Waals surface area contributed by atoms with Gasteiger partial charge in [-0.15, -0.1) is 0 Å². The predicted molar refractivity (Wildman–Crippen MR) is 71.3 cm³/mol. The van der Waals surface area contributed by atoms with Crippen LogP contribution in [0, 0.1) is 5.92 Å². The maximum atomic E-state index is 5.72. The molecule has 3 nitrogen and oxygen atoms in total. The number of piperazine rings is 1. The van der Waals surface area contributed by atoms with E-state index in [-0.39, 0.29) is 0 Å². The molecule has 2 saturated heterocycles. The van der Waals surface area contributed by atoms with E-state index in [1.165, 1.54) is 32.4 Å². The molecule has 3 heteroatoms. The van der Waals surface area contributed by atoms with E-state index in [1.807, 2.05) is 0 Å². The molecule has 2 aliphatic heterocycles. The molecule has 17 heavy (non-hydrogen) atoms. The monoisotopic (exact) mass is 240 g/mol. The Morgan fingerprint density at radius 1 is 1.41 bits per heavy atom. The van der Waals surface area contributed by atoms with Crippen LogP contribution in [0.1, 0.15) is 40.0 Å². The minimum absolute atomic E-state index is 0.535. The zero-order valence-electron chi connectivity index (χ0n) is 11.6. The fraction of sp³-hybridized carbons (Fsp3) is 1.00. The molecule has 0 bridgehead atoms. The second-order valence-electron chi connectivity index (χ2n) is 6.04. The molecule has 0 aliphatic carbocycles. The van der Waals surface area contributed by atoms with Gasteiger partial charge in [-0.1, -0.05) is 13.8 Å². The summed E-state index contributed by atoms with van der Waals surface area (Å²) in [5, 5.41) is 3.60. The second-order valence-corrected chi connectivity index (χ2v) is 6.04. The molecule has 0 radical (unpaired) electrons. The molecule has 3 unspecified atom stereocenters. The molecule has 0 spiro atoms. The normalized spacial score (nSPS) is 35.6. The first-order valence-corrected chi connectivity index (χ1v) is 7.26. The van der Waals surface area contributed by atoms with E-state index in [0.29, 0.717) is 18.2 Å². The largest absolute Gasteiger partial charge is 0.378 e. The maximum absolute atomic E-state index is 5.72. The lowest BCUT2D eigenvalue weighted by atomic mass is 9.98. The standard InChI is InChI=1S/C14H28N2O/c1-11(2)14-9-15-12(3)10-16(14)7-6-13-5-4-8-17-13/h11-15H,4-10H2,1-3H3. The molecule has 0 aromatic carbocycles. The SMILES string of the molecule is CC1CN(CCC2CCCO2)C(C(C)C)CN1. The van der Waals surface area contributed by atoms with Crippen LogP contribution in [0.5, 0.6) is 0 Å². The van der Waals surface area contributed by atoms with E-state index in [9.17, 15) is 0 Å². The van der Waals surface area contributed by atoms with Crippen molar-refractivity contribution in [2.75, 3.05) is 26.2 Å². The van der Waals surface area contributed by atoms with Crippen LogP contribution in [0.4, 0.5) is 0 Å². The number of nitrogens with zero attached hydrogens (tertiary/aromatic N) is 1. The van der Waals surface area contributed by atoms with Crippen LogP contribution in [0.25, 0.3) is 0 Å². The topological polar surface area (TPSA) is 24.5 Å². The Morgan fingerprint density at radius 3 is 2.88 bits per heavy atom. The van der Waals surface area contributed by atoms with Gasteiger partial charge in [0, 0.05) is 38.3 Å². The quantitative estimate of drug-likeness (QED) is 0.812. The van der Waals surface area contributed by atoms with Gasteiger partial charge in [0.15, 0.2) is 0 Å². The lowest BCUT2D eigenvalue weighted by Gasteiger charge is -2.41. The van der Waals surface area contributed by atoms with Crippen molar-refractivity contribution in [3.8, 4) is 0 Å². The summed E-state index contributed by atoms with van der Waals surface area (Å²) in [6.07, 6.45) is 4.29. The number of nitrogens with one attached hydrogen (secondary N) is 1. The fourth-order valence-electron chi connectivity index (χ4n) is 3.10. The van der Waals surface area contributed by atoms with Crippen LogP contribution in [-0.2, 0) is 4.74 Å². The molecule has 0 amide bonds. The third kappa shape index (κ3) is 3.67. The summed E-state index contributed by atoms with van der Waals surface area (Å²) in [7, 11) is 0. The third-order valence-electron chi connectivity index (χ3n) is 4.18. The minimum atomic E-state index is 0.535. The number of hydrogen-bond donors (Lipinski definition) is 1. The Labute approximate surface area is 106 Å². The van der Waals surface area contributed by atoms with Crippen LogP contribution < -0.4 is 5.32 Å². The molecule has 0 aromatic heterocycles. The van der Waals surface area contributed by atoms with Crippen molar-refractivity contribution in [3.63, 3.8) is 0 Å². The smallest absolute Gasteiger partial charge is 0.0588 e. The third-order valence-corrected chi connectivity index (χ3v) is 4.18. The van der Waals surface area contributed by atoms with E-state index in [1.54, 1.807) is 0 Å². The molecule has 2 rings (SSSR count).